The summed E-state index contributed by atoms with van der Waals surface area (Å²) in [7, 11) is -3.19. The minimum atomic E-state index is -3.19. The zero-order valence-electron chi connectivity index (χ0n) is 8.57. The molecule has 0 radical (unpaired) electrons. The summed E-state index contributed by atoms with van der Waals surface area (Å²) in [5.74, 6) is 0.0671. The molecule has 0 N–H and O–H groups in total. The van der Waals surface area contributed by atoms with Gasteiger partial charge in [0.05, 0.1) is 6.07 Å². The van der Waals surface area contributed by atoms with Crippen LogP contribution in [0, 0.1) is 17.2 Å². The molecule has 0 aliphatic heterocycles. The van der Waals surface area contributed by atoms with Crippen LogP contribution in [0.15, 0.2) is 0 Å². The van der Waals surface area contributed by atoms with Gasteiger partial charge >= 0.3 is 0 Å². The Morgan fingerprint density at radius 3 is 2.07 bits per heavy atom. The van der Waals surface area contributed by atoms with E-state index in [0.717, 1.165) is 25.7 Å². The van der Waals surface area contributed by atoms with E-state index >= 15 is 0 Å². The second kappa shape index (κ2) is 4.79. The number of hydrogen-bond acceptors (Lipinski definition) is 3. The monoisotopic (exact) mass is 215 g/mol. The normalized spacial score (nSPS) is 22.3. The van der Waals surface area contributed by atoms with Crippen molar-refractivity contribution < 1.29 is 8.42 Å². The smallest absolute Gasteiger partial charge is 0.163 e. The maximum Gasteiger partial charge on any atom is 0.163 e. The van der Waals surface area contributed by atoms with Crippen LogP contribution < -0.4 is 0 Å². The SMILES string of the molecule is CS(=O)(=O)C(C#N)C1CCCCCC1. The van der Waals surface area contributed by atoms with Crippen molar-refractivity contribution in [3.05, 3.63) is 0 Å². The van der Waals surface area contributed by atoms with Gasteiger partial charge in [0.25, 0.3) is 0 Å². The van der Waals surface area contributed by atoms with Gasteiger partial charge in [-0.15, -0.1) is 0 Å². The number of nitriles is 1. The van der Waals surface area contributed by atoms with Crippen LogP contribution in [0.25, 0.3) is 0 Å². The van der Waals surface area contributed by atoms with E-state index in [2.05, 4.69) is 0 Å². The van der Waals surface area contributed by atoms with Crippen molar-refractivity contribution in [2.75, 3.05) is 6.26 Å². The quantitative estimate of drug-likeness (QED) is 0.661. The van der Waals surface area contributed by atoms with Crippen molar-refractivity contribution in [1.29, 1.82) is 5.26 Å². The lowest BCUT2D eigenvalue weighted by Crippen LogP contribution is -2.27. The highest BCUT2D eigenvalue weighted by Crippen LogP contribution is 2.28. The third kappa shape index (κ3) is 2.98. The van der Waals surface area contributed by atoms with Crippen LogP contribution in [0.5, 0.6) is 0 Å². The fourth-order valence-corrected chi connectivity index (χ4v) is 3.33. The van der Waals surface area contributed by atoms with Crippen molar-refractivity contribution in [2.45, 2.75) is 43.8 Å². The minimum Gasteiger partial charge on any atom is -0.228 e. The van der Waals surface area contributed by atoms with Crippen LogP contribution >= 0.6 is 0 Å². The summed E-state index contributed by atoms with van der Waals surface area (Å²) < 4.78 is 22.7. The van der Waals surface area contributed by atoms with Crippen LogP contribution in [0.4, 0.5) is 0 Å². The summed E-state index contributed by atoms with van der Waals surface area (Å²) in [6, 6.07) is 1.95. The van der Waals surface area contributed by atoms with E-state index in [1.807, 2.05) is 6.07 Å². The van der Waals surface area contributed by atoms with Gasteiger partial charge in [0, 0.05) is 6.26 Å². The summed E-state index contributed by atoms with van der Waals surface area (Å²) in [4.78, 5) is 0. The van der Waals surface area contributed by atoms with Crippen molar-refractivity contribution >= 4 is 9.84 Å². The Morgan fingerprint density at radius 2 is 1.71 bits per heavy atom. The van der Waals surface area contributed by atoms with Crippen molar-refractivity contribution in [2.24, 2.45) is 5.92 Å². The predicted molar refractivity (Wildman–Crippen MR) is 55.4 cm³/mol. The number of nitrogens with zero attached hydrogens (tertiary/aromatic N) is 1. The molecule has 0 saturated heterocycles. The molecule has 80 valence electrons. The first-order chi connectivity index (χ1) is 6.55. The van der Waals surface area contributed by atoms with E-state index in [9.17, 15) is 8.42 Å². The molecule has 0 aromatic heterocycles. The Balaban J connectivity index is 2.74. The molecule has 1 aliphatic carbocycles. The first-order valence-electron chi connectivity index (χ1n) is 5.14. The number of sulfone groups is 1. The molecule has 1 fully saturated rings. The number of hydrogen-bond donors (Lipinski definition) is 0. The summed E-state index contributed by atoms with van der Waals surface area (Å²) in [6.07, 6.45) is 7.45. The Hall–Kier alpha value is -0.560. The molecule has 0 aromatic rings. The molecule has 1 saturated carbocycles. The van der Waals surface area contributed by atoms with Gasteiger partial charge in [0.15, 0.2) is 15.1 Å². The van der Waals surface area contributed by atoms with E-state index < -0.39 is 15.1 Å². The van der Waals surface area contributed by atoms with Gasteiger partial charge < -0.3 is 0 Å². The summed E-state index contributed by atoms with van der Waals surface area (Å²) in [5.41, 5.74) is 0. The molecule has 0 amide bonds. The second-order valence-electron chi connectivity index (χ2n) is 4.13. The van der Waals surface area contributed by atoms with Crippen molar-refractivity contribution in [3.8, 4) is 6.07 Å². The fraction of sp³-hybridized carbons (Fsp3) is 0.900. The van der Waals surface area contributed by atoms with Gasteiger partial charge in [0.1, 0.15) is 0 Å². The zero-order chi connectivity index (χ0) is 10.6. The maximum atomic E-state index is 11.4. The minimum absolute atomic E-state index is 0.0671. The molecule has 0 heterocycles. The van der Waals surface area contributed by atoms with Gasteiger partial charge in [-0.05, 0) is 18.8 Å². The van der Waals surface area contributed by atoms with E-state index in [4.69, 9.17) is 5.26 Å². The number of rotatable bonds is 2. The van der Waals surface area contributed by atoms with Gasteiger partial charge in [-0.2, -0.15) is 5.26 Å². The van der Waals surface area contributed by atoms with E-state index in [1.165, 1.54) is 19.1 Å². The molecule has 1 atom stereocenters. The first-order valence-corrected chi connectivity index (χ1v) is 7.09. The second-order valence-corrected chi connectivity index (χ2v) is 6.30. The van der Waals surface area contributed by atoms with E-state index in [0.29, 0.717) is 0 Å². The van der Waals surface area contributed by atoms with Gasteiger partial charge in [-0.1, -0.05) is 25.7 Å². The average molecular weight is 215 g/mol. The van der Waals surface area contributed by atoms with Crippen LogP contribution in [0.2, 0.25) is 0 Å². The Bertz CT molecular complexity index is 308. The third-order valence-electron chi connectivity index (χ3n) is 2.92. The van der Waals surface area contributed by atoms with E-state index in [-0.39, 0.29) is 5.92 Å². The highest BCUT2D eigenvalue weighted by atomic mass is 32.2. The lowest BCUT2D eigenvalue weighted by molar-refractivity contribution is 0.461. The molecule has 0 bridgehead atoms. The average Bonchev–Trinajstić information content (AvgIpc) is 2.31. The largest absolute Gasteiger partial charge is 0.228 e. The lowest BCUT2D eigenvalue weighted by atomic mass is 9.97. The molecule has 1 aliphatic rings. The fourth-order valence-electron chi connectivity index (χ4n) is 2.16. The van der Waals surface area contributed by atoms with E-state index in [1.54, 1.807) is 0 Å². The topological polar surface area (TPSA) is 57.9 Å². The summed E-state index contributed by atoms with van der Waals surface area (Å²) >= 11 is 0. The molecular weight excluding hydrogens is 198 g/mol. The summed E-state index contributed by atoms with van der Waals surface area (Å²) in [5, 5.41) is 8.10. The lowest BCUT2D eigenvalue weighted by Gasteiger charge is -2.17. The Kier molecular flexibility index (Phi) is 3.94. The summed E-state index contributed by atoms with van der Waals surface area (Å²) in [6.45, 7) is 0. The maximum absolute atomic E-state index is 11.4. The third-order valence-corrected chi connectivity index (χ3v) is 4.33. The highest BCUT2D eigenvalue weighted by Gasteiger charge is 2.30. The zero-order valence-corrected chi connectivity index (χ0v) is 9.39. The van der Waals surface area contributed by atoms with Gasteiger partial charge in [-0.3, -0.25) is 0 Å². The molecule has 0 aromatic carbocycles. The van der Waals surface area contributed by atoms with Gasteiger partial charge in [-0.25, -0.2) is 8.42 Å². The van der Waals surface area contributed by atoms with Crippen LogP contribution in [-0.4, -0.2) is 19.9 Å². The Morgan fingerprint density at radius 1 is 1.21 bits per heavy atom. The van der Waals surface area contributed by atoms with Gasteiger partial charge in [0.2, 0.25) is 0 Å². The molecule has 0 spiro atoms. The molecule has 1 unspecified atom stereocenters. The van der Waals surface area contributed by atoms with Crippen molar-refractivity contribution in [1.82, 2.24) is 0 Å². The molecule has 14 heavy (non-hydrogen) atoms. The molecular formula is C10H17NO2S. The van der Waals surface area contributed by atoms with Crippen molar-refractivity contribution in [3.63, 3.8) is 0 Å². The standard InChI is InChI=1S/C10H17NO2S/c1-14(12,13)10(8-11)9-6-4-2-3-5-7-9/h9-10H,2-7H2,1H3. The molecule has 1 rings (SSSR count). The van der Waals surface area contributed by atoms with Crippen LogP contribution in [0.3, 0.4) is 0 Å². The highest BCUT2D eigenvalue weighted by molar-refractivity contribution is 7.91. The molecule has 4 heteroatoms. The Labute approximate surface area is 86.0 Å². The predicted octanol–water partition coefficient (Wildman–Crippen LogP) is 1.89. The molecule has 3 nitrogen and oxygen atoms in total. The van der Waals surface area contributed by atoms with Crippen LogP contribution in [-0.2, 0) is 9.84 Å². The van der Waals surface area contributed by atoms with Crippen LogP contribution in [0.1, 0.15) is 38.5 Å². The first kappa shape index (κ1) is 11.5.